The molecule has 4 heteroatoms. The molecular formula is C12H23NO2S. The third-order valence-corrected chi connectivity index (χ3v) is 6.35. The Labute approximate surface area is 99.1 Å². The summed E-state index contributed by atoms with van der Waals surface area (Å²) >= 11 is 0. The van der Waals surface area contributed by atoms with Crippen molar-refractivity contribution >= 4 is 10.0 Å². The Balaban J connectivity index is 1.96. The van der Waals surface area contributed by atoms with Gasteiger partial charge in [-0.15, -0.1) is 0 Å². The summed E-state index contributed by atoms with van der Waals surface area (Å²) < 4.78 is 26.4. The predicted molar refractivity (Wildman–Crippen MR) is 65.6 cm³/mol. The average molecular weight is 245 g/mol. The zero-order valence-corrected chi connectivity index (χ0v) is 11.3. The van der Waals surface area contributed by atoms with Gasteiger partial charge in [0.15, 0.2) is 0 Å². The highest BCUT2D eigenvalue weighted by Crippen LogP contribution is 2.49. The second kappa shape index (κ2) is 4.30. The molecule has 16 heavy (non-hydrogen) atoms. The van der Waals surface area contributed by atoms with E-state index in [9.17, 15) is 8.42 Å². The van der Waals surface area contributed by atoms with Crippen LogP contribution in [0.2, 0.25) is 0 Å². The molecular weight excluding hydrogens is 222 g/mol. The maximum atomic E-state index is 11.8. The second-order valence-corrected chi connectivity index (χ2v) is 8.11. The maximum Gasteiger partial charge on any atom is 0.214 e. The highest BCUT2D eigenvalue weighted by Gasteiger charge is 2.42. The molecule has 2 saturated carbocycles. The van der Waals surface area contributed by atoms with Crippen molar-refractivity contribution in [2.45, 2.75) is 57.7 Å². The van der Waals surface area contributed by atoms with Crippen molar-refractivity contribution in [2.24, 2.45) is 17.8 Å². The van der Waals surface area contributed by atoms with Gasteiger partial charge in [0.05, 0.1) is 5.25 Å². The lowest BCUT2D eigenvalue weighted by atomic mass is 9.84. The Kier molecular flexibility index (Phi) is 3.32. The minimum absolute atomic E-state index is 0.114. The van der Waals surface area contributed by atoms with Gasteiger partial charge in [0, 0.05) is 6.04 Å². The highest BCUT2D eigenvalue weighted by molar-refractivity contribution is 7.90. The molecule has 0 spiro atoms. The summed E-state index contributed by atoms with van der Waals surface area (Å²) in [4.78, 5) is 0. The molecule has 0 aliphatic heterocycles. The lowest BCUT2D eigenvalue weighted by Gasteiger charge is -2.28. The van der Waals surface area contributed by atoms with Gasteiger partial charge < -0.3 is 0 Å². The average Bonchev–Trinajstić information content (AvgIpc) is 2.77. The first-order valence-electron chi connectivity index (χ1n) is 6.41. The van der Waals surface area contributed by atoms with E-state index in [1.165, 1.54) is 25.7 Å². The Morgan fingerprint density at radius 2 is 1.81 bits per heavy atom. The van der Waals surface area contributed by atoms with Crippen LogP contribution < -0.4 is 4.72 Å². The van der Waals surface area contributed by atoms with Crippen LogP contribution in [0.4, 0.5) is 0 Å². The summed E-state index contributed by atoms with van der Waals surface area (Å²) in [5.74, 6) is 2.23. The first-order valence-corrected chi connectivity index (χ1v) is 7.96. The number of rotatable bonds is 4. The monoisotopic (exact) mass is 245 g/mol. The van der Waals surface area contributed by atoms with Gasteiger partial charge in [-0.3, -0.25) is 0 Å². The van der Waals surface area contributed by atoms with E-state index in [1.54, 1.807) is 13.8 Å². The molecule has 0 heterocycles. The van der Waals surface area contributed by atoms with Crippen molar-refractivity contribution in [1.82, 2.24) is 4.72 Å². The number of hydrogen-bond donors (Lipinski definition) is 1. The predicted octanol–water partition coefficient (Wildman–Crippen LogP) is 2.14. The van der Waals surface area contributed by atoms with Crippen LogP contribution in [-0.4, -0.2) is 19.7 Å². The van der Waals surface area contributed by atoms with Crippen molar-refractivity contribution in [3.05, 3.63) is 0 Å². The smallest absolute Gasteiger partial charge is 0.212 e. The van der Waals surface area contributed by atoms with Crippen molar-refractivity contribution < 1.29 is 8.42 Å². The fourth-order valence-electron chi connectivity index (χ4n) is 3.39. The standard InChI is InChI=1S/C12H23NO2S/c1-8(2)16(14,15)13-9(3)12-7-10-4-5-11(12)6-10/h8-13H,4-7H2,1-3H3. The SMILES string of the molecule is CC(NS(=O)(=O)C(C)C)C1CC2CCC1C2. The number of hydrogen-bond acceptors (Lipinski definition) is 2. The van der Waals surface area contributed by atoms with Gasteiger partial charge in [0.2, 0.25) is 10.0 Å². The molecule has 0 saturated heterocycles. The molecule has 2 bridgehead atoms. The van der Waals surface area contributed by atoms with Gasteiger partial charge in [0.25, 0.3) is 0 Å². The molecule has 94 valence electrons. The number of sulfonamides is 1. The summed E-state index contributed by atoms with van der Waals surface area (Å²) in [5.41, 5.74) is 0. The third kappa shape index (κ3) is 2.28. The van der Waals surface area contributed by atoms with Gasteiger partial charge in [0.1, 0.15) is 0 Å². The summed E-state index contributed by atoms with van der Waals surface area (Å²) in [6.45, 7) is 5.50. The summed E-state index contributed by atoms with van der Waals surface area (Å²) in [6.07, 6.45) is 5.23. The molecule has 1 N–H and O–H groups in total. The van der Waals surface area contributed by atoms with Crippen LogP contribution in [0.1, 0.15) is 46.5 Å². The fourth-order valence-corrected chi connectivity index (χ4v) is 4.35. The molecule has 0 amide bonds. The van der Waals surface area contributed by atoms with E-state index in [4.69, 9.17) is 0 Å². The van der Waals surface area contributed by atoms with Crippen LogP contribution in [0, 0.1) is 17.8 Å². The Bertz CT molecular complexity index is 350. The Hall–Kier alpha value is -0.0900. The third-order valence-electron chi connectivity index (χ3n) is 4.41. The van der Waals surface area contributed by atoms with E-state index in [2.05, 4.69) is 4.72 Å². The highest BCUT2D eigenvalue weighted by atomic mass is 32.2. The van der Waals surface area contributed by atoms with Crippen molar-refractivity contribution in [3.63, 3.8) is 0 Å². The lowest BCUT2D eigenvalue weighted by molar-refractivity contribution is 0.280. The minimum atomic E-state index is -3.10. The largest absolute Gasteiger partial charge is 0.214 e. The van der Waals surface area contributed by atoms with E-state index in [0.29, 0.717) is 5.92 Å². The minimum Gasteiger partial charge on any atom is -0.212 e. The van der Waals surface area contributed by atoms with E-state index >= 15 is 0 Å². The number of fused-ring (bicyclic) bond motifs is 2. The van der Waals surface area contributed by atoms with Gasteiger partial charge in [-0.25, -0.2) is 13.1 Å². The van der Waals surface area contributed by atoms with Crippen LogP contribution in [-0.2, 0) is 10.0 Å². The molecule has 3 nitrogen and oxygen atoms in total. The van der Waals surface area contributed by atoms with Crippen LogP contribution in [0.5, 0.6) is 0 Å². The molecule has 2 aliphatic carbocycles. The molecule has 2 rings (SSSR count). The molecule has 0 radical (unpaired) electrons. The first-order chi connectivity index (χ1) is 7.40. The normalized spacial score (nSPS) is 35.9. The van der Waals surface area contributed by atoms with Crippen LogP contribution in [0.25, 0.3) is 0 Å². The first kappa shape index (κ1) is 12.4. The molecule has 0 aromatic carbocycles. The van der Waals surface area contributed by atoms with E-state index in [-0.39, 0.29) is 11.3 Å². The van der Waals surface area contributed by atoms with E-state index in [1.807, 2.05) is 6.92 Å². The van der Waals surface area contributed by atoms with E-state index < -0.39 is 10.0 Å². The summed E-state index contributed by atoms with van der Waals surface area (Å²) in [5, 5.41) is -0.325. The van der Waals surface area contributed by atoms with Crippen molar-refractivity contribution in [1.29, 1.82) is 0 Å². The van der Waals surface area contributed by atoms with Crippen molar-refractivity contribution in [2.75, 3.05) is 0 Å². The zero-order valence-electron chi connectivity index (χ0n) is 10.4. The summed E-state index contributed by atoms with van der Waals surface area (Å²) in [7, 11) is -3.10. The topological polar surface area (TPSA) is 46.2 Å². The van der Waals surface area contributed by atoms with Gasteiger partial charge in [-0.2, -0.15) is 0 Å². The van der Waals surface area contributed by atoms with Crippen LogP contribution in [0.3, 0.4) is 0 Å². The molecule has 2 fully saturated rings. The Morgan fingerprint density at radius 3 is 2.25 bits per heavy atom. The second-order valence-electron chi connectivity index (χ2n) is 5.84. The molecule has 4 unspecified atom stereocenters. The molecule has 0 aromatic rings. The molecule has 4 atom stereocenters. The molecule has 2 aliphatic rings. The maximum absolute atomic E-state index is 11.8. The Morgan fingerprint density at radius 1 is 1.12 bits per heavy atom. The van der Waals surface area contributed by atoms with Crippen LogP contribution in [0.15, 0.2) is 0 Å². The zero-order chi connectivity index (χ0) is 11.9. The van der Waals surface area contributed by atoms with Gasteiger partial charge >= 0.3 is 0 Å². The molecule has 0 aromatic heterocycles. The van der Waals surface area contributed by atoms with E-state index in [0.717, 1.165) is 11.8 Å². The van der Waals surface area contributed by atoms with Gasteiger partial charge in [-0.05, 0) is 57.8 Å². The fraction of sp³-hybridized carbons (Fsp3) is 1.00. The quantitative estimate of drug-likeness (QED) is 0.825. The van der Waals surface area contributed by atoms with Gasteiger partial charge in [-0.1, -0.05) is 6.42 Å². The lowest BCUT2D eigenvalue weighted by Crippen LogP contribution is -2.42. The number of nitrogens with one attached hydrogen (secondary N) is 1. The van der Waals surface area contributed by atoms with Crippen LogP contribution >= 0.6 is 0 Å². The summed E-state index contributed by atoms with van der Waals surface area (Å²) in [6, 6.07) is 0.114. The van der Waals surface area contributed by atoms with Crippen molar-refractivity contribution in [3.8, 4) is 0 Å².